The summed E-state index contributed by atoms with van der Waals surface area (Å²) in [6, 6.07) is 6.55. The Morgan fingerprint density at radius 2 is 1.83 bits per heavy atom. The van der Waals surface area contributed by atoms with E-state index >= 15 is 0 Å². The first-order valence-corrected chi connectivity index (χ1v) is 7.71. The van der Waals surface area contributed by atoms with Crippen LogP contribution in [0.2, 0.25) is 0 Å². The lowest BCUT2D eigenvalue weighted by atomic mass is 10.1. The number of ether oxygens (including phenoxy) is 1. The average molecular weight is 329 g/mol. The molecule has 3 rings (SSSR count). The van der Waals surface area contributed by atoms with E-state index in [2.05, 4.69) is 10.3 Å². The molecule has 0 saturated heterocycles. The van der Waals surface area contributed by atoms with Gasteiger partial charge in [0.1, 0.15) is 0 Å². The van der Waals surface area contributed by atoms with Gasteiger partial charge in [0.05, 0.1) is 35.7 Å². The molecule has 0 bridgehead atoms. The van der Waals surface area contributed by atoms with Crippen LogP contribution >= 0.6 is 0 Å². The van der Waals surface area contributed by atoms with E-state index in [1.807, 2.05) is 0 Å². The summed E-state index contributed by atoms with van der Waals surface area (Å²) in [5.41, 5.74) is 7.69. The van der Waals surface area contributed by atoms with Crippen LogP contribution in [0.3, 0.4) is 0 Å². The van der Waals surface area contributed by atoms with Crippen molar-refractivity contribution in [3.63, 3.8) is 0 Å². The zero-order valence-corrected chi connectivity index (χ0v) is 13.4. The molecular formula is C16H19N5O3. The number of methoxy groups -OCH3 is 1. The standard InChI is InChI=1S/C16H19N5O3/c1-24-10-13(17)14-9-18-19-21(14)8-4-7-20-15(22)11-5-2-3-6-12(11)16(20)23/h2-3,5-6,9,13H,4,7-8,10,17H2,1H3/t13-/m0/s1. The lowest BCUT2D eigenvalue weighted by Crippen LogP contribution is -2.31. The molecular weight excluding hydrogens is 310 g/mol. The molecule has 126 valence electrons. The number of hydrogen-bond donors (Lipinski definition) is 1. The molecule has 2 aromatic rings. The van der Waals surface area contributed by atoms with Crippen LogP contribution in [0.15, 0.2) is 30.5 Å². The third-order valence-electron chi connectivity index (χ3n) is 4.00. The number of carbonyl (C=O) groups is 2. The second-order valence-corrected chi connectivity index (χ2v) is 5.60. The molecule has 0 radical (unpaired) electrons. The molecule has 0 unspecified atom stereocenters. The minimum absolute atomic E-state index is 0.245. The molecule has 2 heterocycles. The molecule has 8 nitrogen and oxygen atoms in total. The number of aryl methyl sites for hydroxylation is 1. The lowest BCUT2D eigenvalue weighted by Gasteiger charge is -2.15. The van der Waals surface area contributed by atoms with E-state index in [-0.39, 0.29) is 17.9 Å². The van der Waals surface area contributed by atoms with Crippen LogP contribution in [0.5, 0.6) is 0 Å². The number of benzene rings is 1. The number of aromatic nitrogens is 3. The van der Waals surface area contributed by atoms with Gasteiger partial charge in [-0.05, 0) is 18.6 Å². The fourth-order valence-electron chi connectivity index (χ4n) is 2.81. The van der Waals surface area contributed by atoms with E-state index in [4.69, 9.17) is 10.5 Å². The lowest BCUT2D eigenvalue weighted by molar-refractivity contribution is 0.0650. The molecule has 1 aliphatic heterocycles. The molecule has 1 aliphatic rings. The van der Waals surface area contributed by atoms with Crippen molar-refractivity contribution in [2.75, 3.05) is 20.3 Å². The van der Waals surface area contributed by atoms with Gasteiger partial charge in [-0.25, -0.2) is 4.68 Å². The summed E-state index contributed by atoms with van der Waals surface area (Å²) in [4.78, 5) is 25.9. The minimum Gasteiger partial charge on any atom is -0.383 e. The number of imide groups is 1. The number of nitrogens with zero attached hydrogens (tertiary/aromatic N) is 4. The molecule has 8 heteroatoms. The highest BCUT2D eigenvalue weighted by atomic mass is 16.5. The Bertz CT molecular complexity index is 723. The number of rotatable bonds is 7. The second kappa shape index (κ2) is 6.90. The van der Waals surface area contributed by atoms with E-state index in [1.165, 1.54) is 4.90 Å². The van der Waals surface area contributed by atoms with Crippen LogP contribution in [0.1, 0.15) is 38.9 Å². The van der Waals surface area contributed by atoms with Gasteiger partial charge in [0.2, 0.25) is 0 Å². The summed E-state index contributed by atoms with van der Waals surface area (Å²) in [5.74, 6) is -0.490. The van der Waals surface area contributed by atoms with Gasteiger partial charge < -0.3 is 10.5 Å². The summed E-state index contributed by atoms with van der Waals surface area (Å²) < 4.78 is 6.72. The molecule has 0 saturated carbocycles. The van der Waals surface area contributed by atoms with Crippen LogP contribution in [0.25, 0.3) is 0 Å². The molecule has 2 N–H and O–H groups in total. The van der Waals surface area contributed by atoms with Gasteiger partial charge in [0, 0.05) is 20.2 Å². The van der Waals surface area contributed by atoms with Crippen LogP contribution in [-0.2, 0) is 11.3 Å². The quantitative estimate of drug-likeness (QED) is 0.747. The van der Waals surface area contributed by atoms with E-state index in [0.717, 1.165) is 5.69 Å². The van der Waals surface area contributed by atoms with Gasteiger partial charge in [-0.15, -0.1) is 5.10 Å². The van der Waals surface area contributed by atoms with Crippen LogP contribution in [0.4, 0.5) is 0 Å². The summed E-state index contributed by atoms with van der Waals surface area (Å²) in [5, 5.41) is 7.87. The first kappa shape index (κ1) is 16.3. The maximum Gasteiger partial charge on any atom is 0.261 e. The number of fused-ring (bicyclic) bond motifs is 1. The van der Waals surface area contributed by atoms with Gasteiger partial charge in [-0.2, -0.15) is 0 Å². The topological polar surface area (TPSA) is 103 Å². The van der Waals surface area contributed by atoms with Crippen molar-refractivity contribution in [2.24, 2.45) is 5.73 Å². The smallest absolute Gasteiger partial charge is 0.261 e. The fourth-order valence-corrected chi connectivity index (χ4v) is 2.81. The Labute approximate surface area is 139 Å². The Balaban J connectivity index is 1.61. The maximum atomic E-state index is 12.3. The third kappa shape index (κ3) is 2.93. The predicted octanol–water partition coefficient (Wildman–Crippen LogP) is 0.611. The normalized spacial score (nSPS) is 15.0. The van der Waals surface area contributed by atoms with Gasteiger partial charge in [0.15, 0.2) is 0 Å². The zero-order chi connectivity index (χ0) is 17.1. The largest absolute Gasteiger partial charge is 0.383 e. The summed E-state index contributed by atoms with van der Waals surface area (Å²) in [7, 11) is 1.58. The summed E-state index contributed by atoms with van der Waals surface area (Å²) in [6.45, 7) is 1.21. The summed E-state index contributed by atoms with van der Waals surface area (Å²) in [6.07, 6.45) is 2.17. The van der Waals surface area contributed by atoms with Crippen molar-refractivity contribution in [3.8, 4) is 0 Å². The number of carbonyl (C=O) groups excluding carboxylic acids is 2. The molecule has 2 amide bonds. The third-order valence-corrected chi connectivity index (χ3v) is 4.00. The first-order chi connectivity index (χ1) is 11.6. The molecule has 1 aromatic heterocycles. The molecule has 1 atom stereocenters. The Morgan fingerprint density at radius 3 is 2.46 bits per heavy atom. The SMILES string of the molecule is COC[C@H](N)c1cnnn1CCCN1C(=O)c2ccccc2C1=O. The van der Waals surface area contributed by atoms with Crippen molar-refractivity contribution in [3.05, 3.63) is 47.3 Å². The van der Waals surface area contributed by atoms with E-state index in [9.17, 15) is 9.59 Å². The average Bonchev–Trinajstić information content (AvgIpc) is 3.14. The van der Waals surface area contributed by atoms with E-state index < -0.39 is 0 Å². The number of nitrogens with two attached hydrogens (primary N) is 1. The van der Waals surface area contributed by atoms with Crippen molar-refractivity contribution in [1.82, 2.24) is 19.9 Å². The molecule has 0 fully saturated rings. The first-order valence-electron chi connectivity index (χ1n) is 7.71. The molecule has 1 aromatic carbocycles. The Morgan fingerprint density at radius 1 is 1.17 bits per heavy atom. The minimum atomic E-state index is -0.315. The highest BCUT2D eigenvalue weighted by Gasteiger charge is 2.34. The van der Waals surface area contributed by atoms with Crippen LogP contribution in [-0.4, -0.2) is 52.0 Å². The monoisotopic (exact) mass is 329 g/mol. The zero-order valence-electron chi connectivity index (χ0n) is 13.4. The highest BCUT2D eigenvalue weighted by molar-refractivity contribution is 6.21. The Kier molecular flexibility index (Phi) is 4.68. The van der Waals surface area contributed by atoms with Gasteiger partial charge in [-0.3, -0.25) is 14.5 Å². The molecule has 0 spiro atoms. The van der Waals surface area contributed by atoms with Crippen LogP contribution < -0.4 is 5.73 Å². The van der Waals surface area contributed by atoms with Crippen molar-refractivity contribution >= 4 is 11.8 Å². The van der Waals surface area contributed by atoms with Crippen molar-refractivity contribution < 1.29 is 14.3 Å². The highest BCUT2D eigenvalue weighted by Crippen LogP contribution is 2.22. The number of hydrogen-bond acceptors (Lipinski definition) is 6. The fraction of sp³-hybridized carbons (Fsp3) is 0.375. The van der Waals surface area contributed by atoms with Gasteiger partial charge in [0.25, 0.3) is 11.8 Å². The predicted molar refractivity (Wildman–Crippen MR) is 85.3 cm³/mol. The molecule has 24 heavy (non-hydrogen) atoms. The number of amides is 2. The Hall–Kier alpha value is -2.58. The second-order valence-electron chi connectivity index (χ2n) is 5.60. The van der Waals surface area contributed by atoms with Crippen LogP contribution in [0, 0.1) is 0 Å². The van der Waals surface area contributed by atoms with E-state index in [0.29, 0.717) is 37.2 Å². The van der Waals surface area contributed by atoms with Gasteiger partial charge >= 0.3 is 0 Å². The van der Waals surface area contributed by atoms with Gasteiger partial charge in [-0.1, -0.05) is 17.3 Å². The van der Waals surface area contributed by atoms with E-state index in [1.54, 1.807) is 42.3 Å². The summed E-state index contributed by atoms with van der Waals surface area (Å²) >= 11 is 0. The molecule has 0 aliphatic carbocycles. The van der Waals surface area contributed by atoms with Crippen molar-refractivity contribution in [2.45, 2.75) is 19.0 Å². The maximum absolute atomic E-state index is 12.3. The van der Waals surface area contributed by atoms with Crippen molar-refractivity contribution in [1.29, 1.82) is 0 Å².